The number of hydrogen-bond donors (Lipinski definition) is 3. The first kappa shape index (κ1) is 31.3. The second-order valence-corrected chi connectivity index (χ2v) is 10.8. The molecule has 2 saturated carbocycles. The summed E-state index contributed by atoms with van der Waals surface area (Å²) >= 11 is 0. The summed E-state index contributed by atoms with van der Waals surface area (Å²) in [7, 11) is 0. The Morgan fingerprint density at radius 3 is 1.67 bits per heavy atom. The van der Waals surface area contributed by atoms with Gasteiger partial charge in [-0.05, 0) is 126 Å². The van der Waals surface area contributed by atoms with E-state index in [2.05, 4.69) is 34.9 Å². The van der Waals surface area contributed by atoms with Crippen molar-refractivity contribution in [3.8, 4) is 0 Å². The molecule has 0 saturated heterocycles. The highest BCUT2D eigenvalue weighted by Crippen LogP contribution is 2.46. The van der Waals surface area contributed by atoms with Crippen molar-refractivity contribution in [3.05, 3.63) is 24.3 Å². The average Bonchev–Trinajstić information content (AvgIpc) is 3.54. The number of nitrogens with one attached hydrogen (secondary N) is 2. The van der Waals surface area contributed by atoms with Gasteiger partial charge in [0.2, 0.25) is 0 Å². The van der Waals surface area contributed by atoms with E-state index in [4.69, 9.17) is 5.73 Å². The van der Waals surface area contributed by atoms with Gasteiger partial charge in [-0.3, -0.25) is 0 Å². The van der Waals surface area contributed by atoms with Crippen LogP contribution in [0.1, 0.15) is 77.0 Å². The molecule has 0 aromatic carbocycles. The molecule has 6 atom stereocenters. The fourth-order valence-electron chi connectivity index (χ4n) is 6.93. The Hall–Kier alpha value is 0.230. The van der Waals surface area contributed by atoms with Crippen LogP contribution in [0, 0.1) is 35.5 Å². The smallest absolute Gasteiger partial charge is 0.00670 e. The molecule has 0 amide bonds. The quantitative estimate of drug-likeness (QED) is 0.165. The van der Waals surface area contributed by atoms with Gasteiger partial charge in [0.25, 0.3) is 0 Å². The van der Waals surface area contributed by atoms with E-state index in [1.165, 1.54) is 70.6 Å². The van der Waals surface area contributed by atoms with E-state index in [0.717, 1.165) is 74.1 Å². The van der Waals surface area contributed by atoms with Crippen LogP contribution in [0.5, 0.6) is 0 Å². The SMILES string of the molecule is Cl.Cl.Cl.NCCCNCCCNC(CCCC1CC2C=CC1C2)CCCC1CC2C=CC1C2. The topological polar surface area (TPSA) is 50.1 Å². The van der Waals surface area contributed by atoms with Crippen molar-refractivity contribution in [2.75, 3.05) is 26.2 Å². The fraction of sp³-hybridized carbons (Fsp3) is 0.852. The van der Waals surface area contributed by atoms with Crippen LogP contribution in [-0.4, -0.2) is 32.2 Å². The molecule has 3 nitrogen and oxygen atoms in total. The summed E-state index contributed by atoms with van der Waals surface area (Å²) in [5.74, 6) is 5.69. The zero-order valence-electron chi connectivity index (χ0n) is 20.5. The van der Waals surface area contributed by atoms with Crippen molar-refractivity contribution >= 4 is 37.2 Å². The van der Waals surface area contributed by atoms with Crippen molar-refractivity contribution in [3.63, 3.8) is 0 Å². The fourth-order valence-corrected chi connectivity index (χ4v) is 6.93. The number of allylic oxidation sites excluding steroid dienone is 4. The van der Waals surface area contributed by atoms with Crippen molar-refractivity contribution < 1.29 is 0 Å². The van der Waals surface area contributed by atoms with E-state index in [9.17, 15) is 0 Å². The van der Waals surface area contributed by atoms with E-state index in [1.54, 1.807) is 0 Å². The molecule has 6 unspecified atom stereocenters. The predicted molar refractivity (Wildman–Crippen MR) is 150 cm³/mol. The normalized spacial score (nSPS) is 31.3. The molecule has 0 aromatic heterocycles. The average molecular weight is 523 g/mol. The van der Waals surface area contributed by atoms with E-state index in [-0.39, 0.29) is 37.2 Å². The Morgan fingerprint density at radius 1 is 0.667 bits per heavy atom. The summed E-state index contributed by atoms with van der Waals surface area (Å²) in [6.07, 6.45) is 26.7. The third kappa shape index (κ3) is 9.66. The predicted octanol–water partition coefficient (Wildman–Crippen LogP) is 6.30. The molecule has 4 N–H and O–H groups in total. The van der Waals surface area contributed by atoms with Crippen LogP contribution in [0.25, 0.3) is 0 Å². The van der Waals surface area contributed by atoms with Gasteiger partial charge in [0.15, 0.2) is 0 Å². The van der Waals surface area contributed by atoms with Crippen LogP contribution < -0.4 is 16.4 Å². The highest BCUT2D eigenvalue weighted by molar-refractivity contribution is 5.86. The zero-order valence-corrected chi connectivity index (χ0v) is 22.9. The zero-order chi connectivity index (χ0) is 20.6. The van der Waals surface area contributed by atoms with Gasteiger partial charge < -0.3 is 16.4 Å². The van der Waals surface area contributed by atoms with E-state index in [1.807, 2.05) is 0 Å². The molecule has 4 bridgehead atoms. The Balaban J connectivity index is 0.00000181. The van der Waals surface area contributed by atoms with E-state index >= 15 is 0 Å². The monoisotopic (exact) mass is 521 g/mol. The molecule has 6 heteroatoms. The lowest BCUT2D eigenvalue weighted by atomic mass is 9.86. The molecule has 4 rings (SSSR count). The standard InChI is InChI=1S/C27H47N3.3ClH/c28-13-3-14-29-15-4-16-30-27(7-1-5-23-17-21-9-11-25(23)19-21)8-2-6-24-18-22-10-12-26(24)20-22;;;/h9-12,21-27,29-30H,1-8,13-20,28H2;3*1H. The van der Waals surface area contributed by atoms with Gasteiger partial charge in [0.05, 0.1) is 0 Å². The van der Waals surface area contributed by atoms with Crippen molar-refractivity contribution in [1.82, 2.24) is 10.6 Å². The maximum absolute atomic E-state index is 5.57. The summed E-state index contributed by atoms with van der Waals surface area (Å²) in [6.45, 7) is 4.14. The summed E-state index contributed by atoms with van der Waals surface area (Å²) in [5, 5.41) is 7.46. The van der Waals surface area contributed by atoms with Crippen molar-refractivity contribution in [2.45, 2.75) is 83.1 Å². The molecule has 0 heterocycles. The second kappa shape index (κ2) is 16.8. The second-order valence-electron chi connectivity index (χ2n) is 10.8. The van der Waals surface area contributed by atoms with Crippen LogP contribution >= 0.6 is 37.2 Å². The maximum Gasteiger partial charge on any atom is 0.00670 e. The summed E-state index contributed by atoms with van der Waals surface area (Å²) in [6, 6.07) is 0.734. The third-order valence-corrected chi connectivity index (χ3v) is 8.61. The number of hydrogen-bond acceptors (Lipinski definition) is 3. The van der Waals surface area contributed by atoms with Gasteiger partial charge >= 0.3 is 0 Å². The molecule has 2 fully saturated rings. The van der Waals surface area contributed by atoms with Gasteiger partial charge in [0, 0.05) is 6.04 Å². The summed E-state index contributed by atoms with van der Waals surface area (Å²) in [5.41, 5.74) is 5.57. The molecular weight excluding hydrogens is 473 g/mol. The van der Waals surface area contributed by atoms with Gasteiger partial charge in [-0.25, -0.2) is 0 Å². The summed E-state index contributed by atoms with van der Waals surface area (Å²) < 4.78 is 0. The highest BCUT2D eigenvalue weighted by atomic mass is 35.5. The Kier molecular flexibility index (Phi) is 15.9. The minimum atomic E-state index is 0. The molecule has 33 heavy (non-hydrogen) atoms. The number of nitrogens with two attached hydrogens (primary N) is 1. The molecule has 0 aliphatic heterocycles. The van der Waals surface area contributed by atoms with Crippen molar-refractivity contribution in [1.29, 1.82) is 0 Å². The van der Waals surface area contributed by atoms with Gasteiger partial charge in [-0.15, -0.1) is 37.2 Å². The van der Waals surface area contributed by atoms with E-state index in [0.29, 0.717) is 0 Å². The van der Waals surface area contributed by atoms with E-state index < -0.39 is 0 Å². The van der Waals surface area contributed by atoms with Gasteiger partial charge in [0.1, 0.15) is 0 Å². The number of halogens is 3. The first-order valence-corrected chi connectivity index (χ1v) is 13.3. The van der Waals surface area contributed by atoms with Gasteiger partial charge in [-0.1, -0.05) is 37.1 Å². The van der Waals surface area contributed by atoms with Gasteiger partial charge in [-0.2, -0.15) is 0 Å². The van der Waals surface area contributed by atoms with Crippen LogP contribution in [0.4, 0.5) is 0 Å². The lowest BCUT2D eigenvalue weighted by Crippen LogP contribution is -2.32. The molecule has 4 aliphatic rings. The number of fused-ring (bicyclic) bond motifs is 4. The molecule has 0 radical (unpaired) electrons. The van der Waals surface area contributed by atoms with Crippen LogP contribution in [0.15, 0.2) is 24.3 Å². The number of rotatable bonds is 16. The summed E-state index contributed by atoms with van der Waals surface area (Å²) in [4.78, 5) is 0. The first-order valence-electron chi connectivity index (χ1n) is 13.3. The van der Waals surface area contributed by atoms with Crippen LogP contribution in [0.2, 0.25) is 0 Å². The largest absolute Gasteiger partial charge is 0.330 e. The van der Waals surface area contributed by atoms with Crippen LogP contribution in [-0.2, 0) is 0 Å². The molecule has 4 aliphatic carbocycles. The molecular formula is C27H50Cl3N3. The lowest BCUT2D eigenvalue weighted by molar-refractivity contribution is 0.343. The van der Waals surface area contributed by atoms with Crippen LogP contribution in [0.3, 0.4) is 0 Å². The Bertz CT molecular complexity index is 531. The molecule has 194 valence electrons. The minimum Gasteiger partial charge on any atom is -0.330 e. The lowest BCUT2D eigenvalue weighted by Gasteiger charge is -2.23. The maximum atomic E-state index is 5.57. The Morgan fingerprint density at radius 2 is 1.21 bits per heavy atom. The first-order chi connectivity index (χ1) is 14.8. The molecule has 0 spiro atoms. The minimum absolute atomic E-state index is 0. The van der Waals surface area contributed by atoms with Crippen molar-refractivity contribution in [2.24, 2.45) is 41.2 Å². The Labute approximate surface area is 222 Å². The highest BCUT2D eigenvalue weighted by Gasteiger charge is 2.36. The molecule has 0 aromatic rings. The third-order valence-electron chi connectivity index (χ3n) is 8.61.